The van der Waals surface area contributed by atoms with Gasteiger partial charge < -0.3 is 19.7 Å². The molecule has 1 fully saturated rings. The van der Waals surface area contributed by atoms with Crippen molar-refractivity contribution in [2.24, 2.45) is 0 Å². The van der Waals surface area contributed by atoms with E-state index in [0.717, 1.165) is 0 Å². The minimum atomic E-state index is -0.733. The minimum Gasteiger partial charge on any atom is -0.480 e. The highest BCUT2D eigenvalue weighted by Crippen LogP contribution is 2.42. The molecular weight excluding hydrogens is 693 g/mol. The topological polar surface area (TPSA) is 132 Å². The highest BCUT2D eigenvalue weighted by Gasteiger charge is 2.29. The van der Waals surface area contributed by atoms with Crippen LogP contribution < -0.4 is 15.6 Å². The van der Waals surface area contributed by atoms with Crippen molar-refractivity contribution in [1.29, 1.82) is 0 Å². The molecule has 2 amide bonds. The van der Waals surface area contributed by atoms with Crippen molar-refractivity contribution < 1.29 is 23.9 Å². The summed E-state index contributed by atoms with van der Waals surface area (Å²) in [6, 6.07) is 19.1. The zero-order valence-electron chi connectivity index (χ0n) is 28.4. The largest absolute Gasteiger partial charge is 0.480 e. The molecule has 262 valence electrons. The van der Waals surface area contributed by atoms with Crippen LogP contribution in [0, 0.1) is 0 Å². The average molecular weight is 729 g/mol. The first kappa shape index (κ1) is 35.6. The SMILES string of the molecule is COc1nc(-c2cccc(-c3cccc(-c4ccc5nc(CN(C[C@@H]6CCC(=O)N6)C(=O)OC(C)(C)C)cc(=O)n5c4)c3Cl)c2Cl)ccc1C=O. The number of ether oxygens (including phenoxy) is 2. The quantitative estimate of drug-likeness (QED) is 0.157. The molecule has 6 rings (SSSR count). The van der Waals surface area contributed by atoms with Crippen LogP contribution in [0.3, 0.4) is 0 Å². The fourth-order valence-corrected chi connectivity index (χ4v) is 6.61. The van der Waals surface area contributed by atoms with Crippen molar-refractivity contribution in [3.8, 4) is 39.4 Å². The van der Waals surface area contributed by atoms with E-state index < -0.39 is 11.7 Å². The Kier molecular flexibility index (Phi) is 10.1. The third-order valence-electron chi connectivity index (χ3n) is 8.33. The number of nitrogens with one attached hydrogen (secondary N) is 1. The van der Waals surface area contributed by atoms with Gasteiger partial charge in [-0.1, -0.05) is 59.6 Å². The maximum Gasteiger partial charge on any atom is 0.410 e. The number of aldehydes is 1. The Hall–Kier alpha value is -5.26. The van der Waals surface area contributed by atoms with E-state index in [1.807, 2.05) is 42.5 Å². The van der Waals surface area contributed by atoms with Gasteiger partial charge in [-0.15, -0.1) is 0 Å². The van der Waals surface area contributed by atoms with Crippen molar-refractivity contribution in [3.63, 3.8) is 0 Å². The van der Waals surface area contributed by atoms with Gasteiger partial charge in [-0.2, -0.15) is 0 Å². The van der Waals surface area contributed by atoms with Gasteiger partial charge in [-0.25, -0.2) is 14.8 Å². The van der Waals surface area contributed by atoms with E-state index >= 15 is 0 Å². The molecule has 1 N–H and O–H groups in total. The summed E-state index contributed by atoms with van der Waals surface area (Å²) in [7, 11) is 1.44. The molecule has 3 aromatic heterocycles. The van der Waals surface area contributed by atoms with Crippen LogP contribution >= 0.6 is 23.2 Å². The van der Waals surface area contributed by atoms with Gasteiger partial charge in [-0.3, -0.25) is 18.8 Å². The van der Waals surface area contributed by atoms with Gasteiger partial charge in [0.25, 0.3) is 5.56 Å². The van der Waals surface area contributed by atoms with Crippen LogP contribution in [0.5, 0.6) is 5.88 Å². The maximum atomic E-state index is 13.5. The van der Waals surface area contributed by atoms with Gasteiger partial charge in [0, 0.05) is 59.1 Å². The van der Waals surface area contributed by atoms with E-state index in [9.17, 15) is 19.2 Å². The van der Waals surface area contributed by atoms with Crippen molar-refractivity contribution in [1.82, 2.24) is 24.6 Å². The summed E-state index contributed by atoms with van der Waals surface area (Å²) in [6.45, 7) is 5.57. The Morgan fingerprint density at radius 2 is 1.67 bits per heavy atom. The zero-order chi connectivity index (χ0) is 36.4. The molecule has 0 bridgehead atoms. The zero-order valence-corrected chi connectivity index (χ0v) is 29.9. The molecule has 2 aromatic carbocycles. The summed E-state index contributed by atoms with van der Waals surface area (Å²) < 4.78 is 12.3. The molecular formula is C38H35Cl2N5O6. The van der Waals surface area contributed by atoms with Crippen LogP contribution in [0.2, 0.25) is 10.0 Å². The van der Waals surface area contributed by atoms with Crippen molar-refractivity contribution in [3.05, 3.63) is 105 Å². The first-order valence-corrected chi connectivity index (χ1v) is 17.0. The van der Waals surface area contributed by atoms with Crippen molar-refractivity contribution in [2.45, 2.75) is 51.8 Å². The molecule has 0 aliphatic carbocycles. The van der Waals surface area contributed by atoms with Crippen LogP contribution in [0.1, 0.15) is 49.7 Å². The lowest BCUT2D eigenvalue weighted by atomic mass is 9.97. The van der Waals surface area contributed by atoms with Crippen molar-refractivity contribution >= 4 is 47.1 Å². The normalized spacial score (nSPS) is 14.3. The number of hydrogen-bond acceptors (Lipinski definition) is 8. The second-order valence-electron chi connectivity index (χ2n) is 13.1. The Morgan fingerprint density at radius 3 is 2.31 bits per heavy atom. The van der Waals surface area contributed by atoms with Crippen LogP contribution in [-0.4, -0.2) is 62.9 Å². The van der Waals surface area contributed by atoms with Gasteiger partial charge >= 0.3 is 6.09 Å². The molecule has 4 heterocycles. The van der Waals surface area contributed by atoms with Gasteiger partial charge in [0.15, 0.2) is 6.29 Å². The molecule has 5 aromatic rings. The minimum absolute atomic E-state index is 0.0198. The monoisotopic (exact) mass is 727 g/mol. The van der Waals surface area contributed by atoms with E-state index in [2.05, 4.69) is 15.3 Å². The first-order valence-electron chi connectivity index (χ1n) is 16.2. The number of methoxy groups -OCH3 is 1. The Bertz CT molecular complexity index is 2230. The molecule has 0 spiro atoms. The second kappa shape index (κ2) is 14.5. The number of carbonyl (C=O) groups is 3. The molecule has 1 aliphatic heterocycles. The molecule has 13 heteroatoms. The summed E-state index contributed by atoms with van der Waals surface area (Å²) in [6.07, 6.45) is 2.77. The summed E-state index contributed by atoms with van der Waals surface area (Å²) >= 11 is 14.0. The summed E-state index contributed by atoms with van der Waals surface area (Å²) in [5.41, 5.74) is 3.82. The number of carbonyl (C=O) groups excluding carboxylic acids is 3. The number of aromatic nitrogens is 3. The predicted octanol–water partition coefficient (Wildman–Crippen LogP) is 7.23. The number of fused-ring (bicyclic) bond motifs is 1. The second-order valence-corrected chi connectivity index (χ2v) is 13.9. The summed E-state index contributed by atoms with van der Waals surface area (Å²) in [5, 5.41) is 3.71. The highest BCUT2D eigenvalue weighted by molar-refractivity contribution is 6.39. The lowest BCUT2D eigenvalue weighted by molar-refractivity contribution is -0.119. The van der Waals surface area contributed by atoms with E-state index in [1.165, 1.54) is 22.5 Å². The molecule has 1 saturated heterocycles. The number of pyridine rings is 2. The van der Waals surface area contributed by atoms with Crippen LogP contribution in [-0.2, 0) is 16.1 Å². The molecule has 1 atom stereocenters. The maximum absolute atomic E-state index is 13.5. The first-order chi connectivity index (χ1) is 24.3. The Morgan fingerprint density at radius 1 is 0.980 bits per heavy atom. The van der Waals surface area contributed by atoms with Crippen molar-refractivity contribution in [2.75, 3.05) is 13.7 Å². The number of hydrogen-bond donors (Lipinski definition) is 1. The van der Waals surface area contributed by atoms with Gasteiger partial charge in [0.1, 0.15) is 11.2 Å². The van der Waals surface area contributed by atoms with Crippen LogP contribution in [0.25, 0.3) is 39.2 Å². The van der Waals surface area contributed by atoms with Gasteiger partial charge in [0.05, 0.1) is 40.7 Å². The third-order valence-corrected chi connectivity index (χ3v) is 9.14. The average Bonchev–Trinajstić information content (AvgIpc) is 3.51. The number of rotatable bonds is 9. The summed E-state index contributed by atoms with van der Waals surface area (Å²) in [4.78, 5) is 60.4. The summed E-state index contributed by atoms with van der Waals surface area (Å²) in [5.74, 6) is 0.126. The van der Waals surface area contributed by atoms with E-state index in [-0.39, 0.29) is 36.5 Å². The number of halogens is 2. The third kappa shape index (κ3) is 7.74. The molecule has 0 saturated carbocycles. The van der Waals surface area contributed by atoms with E-state index in [4.69, 9.17) is 32.7 Å². The molecule has 1 aliphatic rings. The standard InChI is InChI=1S/C38H35Cl2N5O6/c1-38(2,3)51-37(49)44(19-24-13-16-32(47)42-24)20-25-17-33(48)45-18-22(12-15-31(45)41-25)26-7-5-8-27(34(26)39)28-9-6-10-29(35(28)40)30-14-11-23(21-46)36(43-30)50-4/h5-12,14-15,17-18,21,24H,13,16,19-20H2,1-4H3,(H,42,47)/t24-/m0/s1. The lowest BCUT2D eigenvalue weighted by Crippen LogP contribution is -2.44. The Balaban J connectivity index is 1.31. The van der Waals surface area contributed by atoms with Crippen LogP contribution in [0.15, 0.2) is 77.7 Å². The smallest absolute Gasteiger partial charge is 0.410 e. The van der Waals surface area contributed by atoms with Gasteiger partial charge in [-0.05, 0) is 51.5 Å². The number of benzene rings is 2. The molecule has 11 nitrogen and oxygen atoms in total. The number of amides is 2. The van der Waals surface area contributed by atoms with Crippen LogP contribution in [0.4, 0.5) is 4.79 Å². The highest BCUT2D eigenvalue weighted by atomic mass is 35.5. The fraction of sp³-hybridized carbons (Fsp3) is 0.263. The predicted molar refractivity (Wildman–Crippen MR) is 195 cm³/mol. The van der Waals surface area contributed by atoms with E-state index in [1.54, 1.807) is 45.2 Å². The fourth-order valence-electron chi connectivity index (χ4n) is 5.95. The molecule has 51 heavy (non-hydrogen) atoms. The van der Waals surface area contributed by atoms with Gasteiger partial charge in [0.2, 0.25) is 11.8 Å². The van der Waals surface area contributed by atoms with E-state index in [0.29, 0.717) is 79.6 Å². The molecule has 0 unspecified atom stereocenters. The molecule has 0 radical (unpaired) electrons. The Labute approximate surface area is 304 Å². The lowest BCUT2D eigenvalue weighted by Gasteiger charge is -2.29. The number of nitrogens with zero attached hydrogens (tertiary/aromatic N) is 4.